The average Bonchev–Trinajstić information content (AvgIpc) is 3.61. The number of aliphatic imine (C=N–C) groups is 1. The van der Waals surface area contributed by atoms with E-state index in [1.807, 2.05) is 12.4 Å². The molecule has 2 aromatic heterocycles. The van der Waals surface area contributed by atoms with Gasteiger partial charge in [0.25, 0.3) is 0 Å². The van der Waals surface area contributed by atoms with Gasteiger partial charge in [0.2, 0.25) is 11.7 Å². The maximum Gasteiger partial charge on any atom is 0.241 e. The van der Waals surface area contributed by atoms with Crippen molar-refractivity contribution in [3.63, 3.8) is 0 Å². The molecular formula is C54H57N4+. The van der Waals surface area contributed by atoms with Crippen molar-refractivity contribution in [2.45, 2.75) is 110 Å². The molecule has 0 bridgehead atoms. The fourth-order valence-corrected chi connectivity index (χ4v) is 10.0. The Balaban J connectivity index is 1.34. The van der Waals surface area contributed by atoms with Crippen molar-refractivity contribution in [1.82, 2.24) is 10.1 Å². The molecule has 2 aliphatic carbocycles. The van der Waals surface area contributed by atoms with Crippen LogP contribution in [0, 0.1) is 5.41 Å². The molecule has 58 heavy (non-hydrogen) atoms. The third-order valence-corrected chi connectivity index (χ3v) is 14.2. The Bertz CT molecular complexity index is 2650. The highest BCUT2D eigenvalue weighted by molar-refractivity contribution is 6.17. The summed E-state index contributed by atoms with van der Waals surface area (Å²) in [7, 11) is 0. The van der Waals surface area contributed by atoms with E-state index in [1.54, 1.807) is 0 Å². The topological polar surface area (TPSA) is 42.0 Å². The molecule has 3 aliphatic rings. The lowest BCUT2D eigenvalue weighted by Gasteiger charge is -2.52. The highest BCUT2D eigenvalue weighted by Gasteiger charge is 2.57. The summed E-state index contributed by atoms with van der Waals surface area (Å²) < 4.78 is 2.18. The lowest BCUT2D eigenvalue weighted by Crippen LogP contribution is -2.58. The summed E-state index contributed by atoms with van der Waals surface area (Å²) in [5.74, 6) is -0.108. The molecule has 3 atom stereocenters. The zero-order valence-electron chi connectivity index (χ0n) is 36.1. The molecule has 0 saturated heterocycles. The zero-order chi connectivity index (χ0) is 41.0. The summed E-state index contributed by atoms with van der Waals surface area (Å²) in [6.07, 6.45) is 6.20. The van der Waals surface area contributed by atoms with Crippen LogP contribution in [0.25, 0.3) is 11.1 Å². The quantitative estimate of drug-likeness (QED) is 0.159. The smallest absolute Gasteiger partial charge is 0.241 e. The van der Waals surface area contributed by atoms with E-state index in [0.717, 1.165) is 17.1 Å². The molecular weight excluding hydrogens is 705 g/mol. The average molecular weight is 762 g/mol. The second kappa shape index (κ2) is 13.0. The normalized spacial score (nSPS) is 19.2. The number of hydrogen-bond donors (Lipinski definition) is 0. The number of aromatic nitrogens is 3. The van der Waals surface area contributed by atoms with Crippen LogP contribution in [0.1, 0.15) is 138 Å². The minimum atomic E-state index is -0.602. The predicted octanol–water partition coefficient (Wildman–Crippen LogP) is 12.1. The van der Waals surface area contributed by atoms with E-state index in [2.05, 4.69) is 202 Å². The van der Waals surface area contributed by atoms with Crippen LogP contribution in [0.3, 0.4) is 0 Å². The van der Waals surface area contributed by atoms with Crippen LogP contribution in [0.15, 0.2) is 150 Å². The lowest BCUT2D eigenvalue weighted by molar-refractivity contribution is -0.794. The third-order valence-electron chi connectivity index (χ3n) is 14.2. The Morgan fingerprint density at radius 2 is 1.26 bits per heavy atom. The van der Waals surface area contributed by atoms with E-state index in [4.69, 9.17) is 15.1 Å². The van der Waals surface area contributed by atoms with E-state index in [0.29, 0.717) is 0 Å². The number of fused-ring (bicyclic) bond motifs is 3. The Labute approximate surface area is 345 Å². The van der Waals surface area contributed by atoms with Gasteiger partial charge in [-0.2, -0.15) is 0 Å². The summed E-state index contributed by atoms with van der Waals surface area (Å²) in [6.45, 7) is 25.8. The van der Waals surface area contributed by atoms with Crippen molar-refractivity contribution in [3.05, 3.63) is 195 Å². The highest BCUT2D eigenvalue weighted by Crippen LogP contribution is 2.65. The van der Waals surface area contributed by atoms with Crippen molar-refractivity contribution in [2.24, 2.45) is 10.4 Å². The molecule has 1 aliphatic heterocycles. The molecule has 0 fully saturated rings. The first kappa shape index (κ1) is 38.1. The van der Waals surface area contributed by atoms with Crippen molar-refractivity contribution in [2.75, 3.05) is 0 Å². The number of allylic oxidation sites excluding steroid dienone is 2. The highest BCUT2D eigenvalue weighted by atomic mass is 15.3. The second-order valence-electron chi connectivity index (χ2n) is 20.1. The molecule has 4 nitrogen and oxygen atoms in total. The molecule has 6 aromatic rings. The van der Waals surface area contributed by atoms with Gasteiger partial charge in [-0.1, -0.05) is 165 Å². The third kappa shape index (κ3) is 5.62. The van der Waals surface area contributed by atoms with Gasteiger partial charge in [0, 0.05) is 35.4 Å². The van der Waals surface area contributed by atoms with Crippen LogP contribution in [0.4, 0.5) is 0 Å². The molecule has 2 unspecified atom stereocenters. The van der Waals surface area contributed by atoms with Gasteiger partial charge >= 0.3 is 0 Å². The SMILES string of the molecule is CC(C)(C)c1ccnc([C@@H](C2=C3C4C(=N2)c2cc(C(C)(c5ccccc5)[n+]5cc(C(C)(C)C)ccn5)ccc2-c2cccc(c24)C(C)(C)C3(C)C)c2ccccc2)c1. The molecule has 4 heteroatoms. The van der Waals surface area contributed by atoms with E-state index < -0.39 is 5.54 Å². The fraction of sp³-hybridized carbons (Fsp3) is 0.333. The second-order valence-corrected chi connectivity index (χ2v) is 20.1. The van der Waals surface area contributed by atoms with Gasteiger partial charge in [-0.05, 0) is 90.0 Å². The number of hydrogen-bond acceptors (Lipinski definition) is 3. The van der Waals surface area contributed by atoms with Gasteiger partial charge in [0.05, 0.1) is 35.1 Å². The Hall–Kier alpha value is -5.48. The number of rotatable bonds is 6. The van der Waals surface area contributed by atoms with E-state index in [9.17, 15) is 0 Å². The first-order valence-corrected chi connectivity index (χ1v) is 21.0. The zero-order valence-corrected chi connectivity index (χ0v) is 36.1. The summed E-state index contributed by atoms with van der Waals surface area (Å²) in [6, 6.07) is 42.6. The van der Waals surface area contributed by atoms with Gasteiger partial charge < -0.3 is 0 Å². The Morgan fingerprint density at radius 3 is 1.95 bits per heavy atom. The Morgan fingerprint density at radius 1 is 0.586 bits per heavy atom. The molecule has 0 N–H and O–H groups in total. The fourth-order valence-electron chi connectivity index (χ4n) is 10.0. The van der Waals surface area contributed by atoms with Crippen molar-refractivity contribution < 1.29 is 4.68 Å². The molecule has 3 heterocycles. The molecule has 0 spiro atoms. The lowest BCUT2D eigenvalue weighted by atomic mass is 9.50. The van der Waals surface area contributed by atoms with Crippen LogP contribution < -0.4 is 4.68 Å². The van der Waals surface area contributed by atoms with E-state index >= 15 is 0 Å². The summed E-state index contributed by atoms with van der Waals surface area (Å²) in [5.41, 5.74) is 16.4. The number of nitrogens with zero attached hydrogens (tertiary/aromatic N) is 4. The predicted molar refractivity (Wildman–Crippen MR) is 238 cm³/mol. The first-order valence-electron chi connectivity index (χ1n) is 21.0. The van der Waals surface area contributed by atoms with Gasteiger partial charge in [-0.25, -0.2) is 0 Å². The standard InChI is InChI=1S/C54H57N4/c1-50(2,3)36-27-29-55-43(32-36)44(34-19-14-12-15-20-34)49-47-46-45-40(23-18-24-42(45)52(7,8)53(47,9)10)39-26-25-37(31-41(39)48(46)57-49)54(11,35-21-16-13-17-22-35)58-33-38(28-30-56-58)51(4,5)6/h12-33,44,46H,1-11H3/q+1/t44-,46?,54?/m0/s1. The van der Waals surface area contributed by atoms with Crippen LogP contribution in [-0.2, 0) is 21.8 Å². The van der Waals surface area contributed by atoms with Crippen molar-refractivity contribution >= 4 is 5.71 Å². The van der Waals surface area contributed by atoms with E-state index in [1.165, 1.54) is 61.2 Å². The minimum absolute atomic E-state index is 0.0216. The van der Waals surface area contributed by atoms with Crippen LogP contribution >= 0.6 is 0 Å². The molecule has 0 saturated carbocycles. The van der Waals surface area contributed by atoms with Gasteiger partial charge in [0.15, 0.2) is 0 Å². The first-order chi connectivity index (χ1) is 27.4. The molecule has 0 radical (unpaired) electrons. The maximum atomic E-state index is 5.99. The van der Waals surface area contributed by atoms with Crippen LogP contribution in [0.5, 0.6) is 0 Å². The summed E-state index contributed by atoms with van der Waals surface area (Å²) in [5, 5.41) is 5.06. The van der Waals surface area contributed by atoms with Gasteiger partial charge in [-0.15, -0.1) is 0 Å². The molecule has 292 valence electrons. The summed E-state index contributed by atoms with van der Waals surface area (Å²) in [4.78, 5) is 11.2. The van der Waals surface area contributed by atoms with Gasteiger partial charge in [0.1, 0.15) is 0 Å². The van der Waals surface area contributed by atoms with Crippen molar-refractivity contribution in [1.29, 1.82) is 0 Å². The van der Waals surface area contributed by atoms with Gasteiger partial charge in [-0.3, -0.25) is 9.98 Å². The van der Waals surface area contributed by atoms with Crippen molar-refractivity contribution in [3.8, 4) is 11.1 Å². The summed E-state index contributed by atoms with van der Waals surface area (Å²) >= 11 is 0. The molecule has 9 rings (SSSR count). The van der Waals surface area contributed by atoms with E-state index in [-0.39, 0.29) is 33.5 Å². The monoisotopic (exact) mass is 761 g/mol. The number of pyridine rings is 1. The Kier molecular flexibility index (Phi) is 8.54. The minimum Gasteiger partial charge on any atom is -0.260 e. The maximum absolute atomic E-state index is 5.99. The van der Waals surface area contributed by atoms with Crippen LogP contribution in [0.2, 0.25) is 0 Å². The molecule has 4 aromatic carbocycles. The molecule has 0 amide bonds. The largest absolute Gasteiger partial charge is 0.260 e. The number of benzene rings is 4. The van der Waals surface area contributed by atoms with Crippen LogP contribution in [-0.4, -0.2) is 15.8 Å².